The molecule has 1 amide bonds. The van der Waals surface area contributed by atoms with Crippen LogP contribution in [0.15, 0.2) is 24.3 Å². The molecule has 0 unspecified atom stereocenters. The van der Waals surface area contributed by atoms with E-state index in [-0.39, 0.29) is 17.7 Å². The molecule has 0 fully saturated rings. The van der Waals surface area contributed by atoms with Crippen molar-refractivity contribution in [1.82, 2.24) is 9.97 Å². The normalized spacial score (nSPS) is 10.4. The standard InChI is InChI=1S/C16H18FN3O2/c1-4-7-14(21)20-15-10(2)18-16(19-11(15)3)22-13-9-6-5-8-12(13)17/h5-6,8-9H,4,7H2,1-3H3,(H,20,21). The second kappa shape index (κ2) is 6.98. The number of anilines is 1. The van der Waals surface area contributed by atoms with Crippen LogP contribution in [-0.4, -0.2) is 15.9 Å². The van der Waals surface area contributed by atoms with Crippen LogP contribution in [0.5, 0.6) is 11.8 Å². The minimum absolute atomic E-state index is 0.0496. The van der Waals surface area contributed by atoms with Crippen LogP contribution in [-0.2, 0) is 4.79 Å². The zero-order chi connectivity index (χ0) is 16.1. The molecular weight excluding hydrogens is 285 g/mol. The molecular formula is C16H18FN3O2. The zero-order valence-corrected chi connectivity index (χ0v) is 12.8. The third-order valence-corrected chi connectivity index (χ3v) is 3.03. The lowest BCUT2D eigenvalue weighted by atomic mass is 10.2. The Morgan fingerprint density at radius 1 is 1.23 bits per heavy atom. The molecule has 0 aliphatic heterocycles. The van der Waals surface area contributed by atoms with Crippen LogP contribution in [0.3, 0.4) is 0 Å². The van der Waals surface area contributed by atoms with Gasteiger partial charge in [0.05, 0.1) is 17.1 Å². The van der Waals surface area contributed by atoms with E-state index in [2.05, 4.69) is 15.3 Å². The Balaban J connectivity index is 2.23. The Morgan fingerprint density at radius 2 is 1.86 bits per heavy atom. The molecule has 2 aromatic rings. The summed E-state index contributed by atoms with van der Waals surface area (Å²) in [6.07, 6.45) is 1.20. The topological polar surface area (TPSA) is 64.1 Å². The average Bonchev–Trinajstić information content (AvgIpc) is 2.46. The van der Waals surface area contributed by atoms with Gasteiger partial charge in [0.2, 0.25) is 5.91 Å². The lowest BCUT2D eigenvalue weighted by Crippen LogP contribution is -2.14. The molecule has 22 heavy (non-hydrogen) atoms. The van der Waals surface area contributed by atoms with Crippen molar-refractivity contribution >= 4 is 11.6 Å². The molecule has 0 bridgehead atoms. The summed E-state index contributed by atoms with van der Waals surface area (Å²) in [6.45, 7) is 5.41. The van der Waals surface area contributed by atoms with E-state index in [1.54, 1.807) is 26.0 Å². The minimum atomic E-state index is -0.485. The first-order valence-corrected chi connectivity index (χ1v) is 7.08. The lowest BCUT2D eigenvalue weighted by molar-refractivity contribution is -0.116. The van der Waals surface area contributed by atoms with Crippen LogP contribution in [0, 0.1) is 19.7 Å². The summed E-state index contributed by atoms with van der Waals surface area (Å²) >= 11 is 0. The largest absolute Gasteiger partial charge is 0.421 e. The number of para-hydroxylation sites is 1. The maximum Gasteiger partial charge on any atom is 0.322 e. The van der Waals surface area contributed by atoms with Gasteiger partial charge in [-0.2, -0.15) is 9.97 Å². The highest BCUT2D eigenvalue weighted by atomic mass is 19.1. The number of carbonyl (C=O) groups is 1. The Hall–Kier alpha value is -2.50. The van der Waals surface area contributed by atoms with Gasteiger partial charge in [-0.05, 0) is 32.4 Å². The van der Waals surface area contributed by atoms with Gasteiger partial charge in [-0.1, -0.05) is 19.1 Å². The molecule has 5 nitrogen and oxygen atoms in total. The van der Waals surface area contributed by atoms with E-state index in [1.165, 1.54) is 12.1 Å². The van der Waals surface area contributed by atoms with Crippen LogP contribution in [0.1, 0.15) is 31.2 Å². The molecule has 0 aliphatic rings. The van der Waals surface area contributed by atoms with E-state index in [0.29, 0.717) is 23.5 Å². The van der Waals surface area contributed by atoms with Gasteiger partial charge in [0.25, 0.3) is 0 Å². The highest BCUT2D eigenvalue weighted by molar-refractivity contribution is 5.91. The van der Waals surface area contributed by atoms with E-state index in [0.717, 1.165) is 6.42 Å². The fraction of sp³-hybridized carbons (Fsp3) is 0.312. The molecule has 0 atom stereocenters. The number of aryl methyl sites for hydroxylation is 2. The summed E-state index contributed by atoms with van der Waals surface area (Å²) in [5.74, 6) is -0.508. The van der Waals surface area contributed by atoms with Gasteiger partial charge in [0.15, 0.2) is 11.6 Å². The number of rotatable bonds is 5. The lowest BCUT2D eigenvalue weighted by Gasteiger charge is -2.12. The number of nitrogens with one attached hydrogen (secondary N) is 1. The number of amides is 1. The van der Waals surface area contributed by atoms with Gasteiger partial charge in [-0.15, -0.1) is 0 Å². The maximum atomic E-state index is 13.6. The number of carbonyl (C=O) groups excluding carboxylic acids is 1. The summed E-state index contributed by atoms with van der Waals surface area (Å²) in [4.78, 5) is 20.0. The number of ether oxygens (including phenoxy) is 1. The predicted octanol–water partition coefficient (Wildman–Crippen LogP) is 3.76. The molecule has 1 aromatic heterocycles. The van der Waals surface area contributed by atoms with Crippen LogP contribution in [0.4, 0.5) is 10.1 Å². The van der Waals surface area contributed by atoms with Gasteiger partial charge in [-0.25, -0.2) is 4.39 Å². The van der Waals surface area contributed by atoms with E-state index in [1.807, 2.05) is 6.92 Å². The summed E-state index contributed by atoms with van der Waals surface area (Å²) in [5.41, 5.74) is 1.71. The molecule has 116 valence electrons. The van der Waals surface area contributed by atoms with E-state index < -0.39 is 5.82 Å². The second-order valence-electron chi connectivity index (χ2n) is 4.88. The van der Waals surface area contributed by atoms with Crippen LogP contribution in [0.25, 0.3) is 0 Å². The smallest absolute Gasteiger partial charge is 0.322 e. The molecule has 2 rings (SSSR count). The van der Waals surface area contributed by atoms with Gasteiger partial charge in [0.1, 0.15) is 0 Å². The first-order chi connectivity index (χ1) is 10.5. The van der Waals surface area contributed by atoms with E-state index >= 15 is 0 Å². The number of halogens is 1. The summed E-state index contributed by atoms with van der Waals surface area (Å²) in [7, 11) is 0. The van der Waals surface area contributed by atoms with E-state index in [4.69, 9.17) is 4.74 Å². The first kappa shape index (κ1) is 15.9. The summed E-state index contributed by atoms with van der Waals surface area (Å²) < 4.78 is 18.9. The van der Waals surface area contributed by atoms with Crippen LogP contribution >= 0.6 is 0 Å². The van der Waals surface area contributed by atoms with Crippen molar-refractivity contribution in [3.8, 4) is 11.8 Å². The van der Waals surface area contributed by atoms with Crippen molar-refractivity contribution in [2.24, 2.45) is 0 Å². The zero-order valence-electron chi connectivity index (χ0n) is 12.8. The number of hydrogen-bond donors (Lipinski definition) is 1. The number of hydrogen-bond acceptors (Lipinski definition) is 4. The molecule has 0 radical (unpaired) electrons. The minimum Gasteiger partial charge on any atom is -0.421 e. The summed E-state index contributed by atoms with van der Waals surface area (Å²) in [6, 6.07) is 6.09. The van der Waals surface area contributed by atoms with Crippen LogP contribution in [0.2, 0.25) is 0 Å². The third-order valence-electron chi connectivity index (χ3n) is 3.03. The molecule has 1 aromatic carbocycles. The average molecular weight is 303 g/mol. The SMILES string of the molecule is CCCC(=O)Nc1c(C)nc(Oc2ccccc2F)nc1C. The maximum absolute atomic E-state index is 13.6. The second-order valence-corrected chi connectivity index (χ2v) is 4.88. The molecule has 1 N–H and O–H groups in total. The first-order valence-electron chi connectivity index (χ1n) is 7.08. The van der Waals surface area contributed by atoms with Gasteiger partial charge in [-0.3, -0.25) is 4.79 Å². The molecule has 0 spiro atoms. The Morgan fingerprint density at radius 3 is 2.45 bits per heavy atom. The predicted molar refractivity (Wildman–Crippen MR) is 81.5 cm³/mol. The molecule has 6 heteroatoms. The van der Waals surface area contributed by atoms with Crippen molar-refractivity contribution < 1.29 is 13.9 Å². The fourth-order valence-electron chi connectivity index (χ4n) is 1.97. The number of nitrogens with zero attached hydrogens (tertiary/aromatic N) is 2. The molecule has 1 heterocycles. The number of aromatic nitrogens is 2. The summed E-state index contributed by atoms with van der Waals surface area (Å²) in [5, 5.41) is 2.79. The quantitative estimate of drug-likeness (QED) is 0.913. The van der Waals surface area contributed by atoms with Crippen molar-refractivity contribution in [2.75, 3.05) is 5.32 Å². The van der Waals surface area contributed by atoms with Crippen molar-refractivity contribution in [3.05, 3.63) is 41.5 Å². The van der Waals surface area contributed by atoms with Gasteiger partial charge >= 0.3 is 6.01 Å². The Labute approximate surface area is 128 Å². The third kappa shape index (κ3) is 3.78. The van der Waals surface area contributed by atoms with Crippen molar-refractivity contribution in [2.45, 2.75) is 33.6 Å². The fourth-order valence-corrected chi connectivity index (χ4v) is 1.97. The highest BCUT2D eigenvalue weighted by Gasteiger charge is 2.13. The molecule has 0 saturated heterocycles. The number of benzene rings is 1. The van der Waals surface area contributed by atoms with Crippen molar-refractivity contribution in [1.29, 1.82) is 0 Å². The van der Waals surface area contributed by atoms with Gasteiger partial charge < -0.3 is 10.1 Å². The molecule has 0 aliphatic carbocycles. The van der Waals surface area contributed by atoms with Crippen LogP contribution < -0.4 is 10.1 Å². The molecule has 0 saturated carbocycles. The Kier molecular flexibility index (Phi) is 5.04. The van der Waals surface area contributed by atoms with Crippen molar-refractivity contribution in [3.63, 3.8) is 0 Å². The Bertz CT molecular complexity index is 666. The highest BCUT2D eigenvalue weighted by Crippen LogP contribution is 2.25. The monoisotopic (exact) mass is 303 g/mol. The van der Waals surface area contributed by atoms with Gasteiger partial charge in [0, 0.05) is 6.42 Å². The van der Waals surface area contributed by atoms with E-state index in [9.17, 15) is 9.18 Å².